The summed E-state index contributed by atoms with van der Waals surface area (Å²) < 4.78 is 16.9. The normalized spacial score (nSPS) is 13.1. The minimum atomic E-state index is -0.802. The molecule has 0 radical (unpaired) electrons. The smallest absolute Gasteiger partial charge is 0.306 e. The van der Waals surface area contributed by atoms with Gasteiger partial charge in [0.25, 0.3) is 0 Å². The zero-order valence-electron chi connectivity index (χ0n) is 49.7. The molecule has 0 N–H and O–H groups in total. The van der Waals surface area contributed by atoms with Gasteiger partial charge in [-0.15, -0.1) is 0 Å². The van der Waals surface area contributed by atoms with Crippen LogP contribution in [0.25, 0.3) is 0 Å². The van der Waals surface area contributed by atoms with Gasteiger partial charge >= 0.3 is 17.9 Å². The van der Waals surface area contributed by atoms with Crippen LogP contribution in [-0.2, 0) is 28.6 Å². The van der Waals surface area contributed by atoms with E-state index in [9.17, 15) is 14.4 Å². The van der Waals surface area contributed by atoms with E-state index in [-0.39, 0.29) is 31.1 Å². The van der Waals surface area contributed by atoms with Gasteiger partial charge in [-0.05, 0) is 122 Å². The minimum Gasteiger partial charge on any atom is -0.462 e. The third-order valence-electron chi connectivity index (χ3n) is 12.8. The fourth-order valence-corrected chi connectivity index (χ4v) is 8.21. The van der Waals surface area contributed by atoms with E-state index < -0.39 is 6.10 Å². The molecule has 0 fully saturated rings. The molecular weight excluding hydrogens is 949 g/mol. The van der Waals surface area contributed by atoms with Gasteiger partial charge < -0.3 is 14.2 Å². The number of allylic oxidation sites excluding steroid dienone is 24. The lowest BCUT2D eigenvalue weighted by atomic mass is 10.1. The summed E-state index contributed by atoms with van der Waals surface area (Å²) in [5, 5.41) is 0. The summed E-state index contributed by atoms with van der Waals surface area (Å²) in [5.41, 5.74) is 0. The standard InChI is InChI=1S/C71H114O6/c1-4-7-10-13-16-19-22-24-26-28-30-32-33-34-35-36-37-39-40-42-44-46-49-52-55-58-61-64-70(73)76-67-68(66-75-69(72)63-60-57-54-51-48-21-18-15-12-9-6-3)77-71(74)65-62-59-56-53-50-47-45-43-41-38-31-29-27-25-23-20-17-14-11-8-5-2/h7-8,10-11,16-17,19-20,24-27,30-32,34-35,37-39,42-45,68H,4-6,9,12-15,18,21-23,28-29,33,36,40-41,46-67H2,1-3H3/b10-7-,11-8-,19-16-,20-17-,26-24-,27-25-,32-30-,35-34-,38-31-,39-37-,44-42-,45-43-. The van der Waals surface area contributed by atoms with Crippen molar-refractivity contribution in [1.29, 1.82) is 0 Å². The van der Waals surface area contributed by atoms with Gasteiger partial charge in [0.15, 0.2) is 6.10 Å². The topological polar surface area (TPSA) is 78.9 Å². The Hall–Kier alpha value is -4.71. The van der Waals surface area contributed by atoms with Gasteiger partial charge in [0.2, 0.25) is 0 Å². The lowest BCUT2D eigenvalue weighted by Crippen LogP contribution is -2.30. The highest BCUT2D eigenvalue weighted by atomic mass is 16.6. The Morgan fingerprint density at radius 2 is 0.506 bits per heavy atom. The first-order valence-corrected chi connectivity index (χ1v) is 31.3. The second kappa shape index (κ2) is 63.8. The molecule has 0 bridgehead atoms. The molecule has 0 aliphatic carbocycles. The fourth-order valence-electron chi connectivity index (χ4n) is 8.21. The molecule has 0 aromatic carbocycles. The third-order valence-corrected chi connectivity index (χ3v) is 12.8. The summed E-state index contributed by atoms with van der Waals surface area (Å²) in [6.45, 7) is 6.37. The van der Waals surface area contributed by atoms with Crippen LogP contribution >= 0.6 is 0 Å². The van der Waals surface area contributed by atoms with Gasteiger partial charge in [-0.3, -0.25) is 14.4 Å². The predicted octanol–water partition coefficient (Wildman–Crippen LogP) is 21.5. The van der Waals surface area contributed by atoms with Crippen LogP contribution in [0.15, 0.2) is 146 Å². The Morgan fingerprint density at radius 1 is 0.273 bits per heavy atom. The van der Waals surface area contributed by atoms with Crippen molar-refractivity contribution >= 4 is 17.9 Å². The molecule has 0 amide bonds. The van der Waals surface area contributed by atoms with E-state index in [4.69, 9.17) is 14.2 Å². The minimum absolute atomic E-state index is 0.0957. The van der Waals surface area contributed by atoms with Gasteiger partial charge in [0, 0.05) is 19.3 Å². The summed E-state index contributed by atoms with van der Waals surface area (Å²) in [5.74, 6) is -0.937. The number of unbranched alkanes of at least 4 members (excludes halogenated alkanes) is 20. The zero-order valence-corrected chi connectivity index (χ0v) is 49.7. The van der Waals surface area contributed by atoms with Crippen LogP contribution in [0.1, 0.15) is 265 Å². The Morgan fingerprint density at radius 3 is 0.792 bits per heavy atom. The maximum absolute atomic E-state index is 12.9. The highest BCUT2D eigenvalue weighted by Gasteiger charge is 2.19. The molecule has 0 aliphatic heterocycles. The average molecular weight is 1060 g/mol. The van der Waals surface area contributed by atoms with Crippen LogP contribution in [0.4, 0.5) is 0 Å². The van der Waals surface area contributed by atoms with Gasteiger partial charge in [0.1, 0.15) is 13.2 Å². The molecule has 0 saturated carbocycles. The van der Waals surface area contributed by atoms with Crippen molar-refractivity contribution < 1.29 is 28.6 Å². The lowest BCUT2D eigenvalue weighted by Gasteiger charge is -2.18. The number of hydrogen-bond donors (Lipinski definition) is 0. The molecule has 0 aliphatic rings. The van der Waals surface area contributed by atoms with Gasteiger partial charge in [-0.25, -0.2) is 0 Å². The number of esters is 3. The summed E-state index contributed by atoms with van der Waals surface area (Å²) in [6.07, 6.45) is 91.3. The number of ether oxygens (including phenoxy) is 3. The highest BCUT2D eigenvalue weighted by Crippen LogP contribution is 2.14. The monoisotopic (exact) mass is 1060 g/mol. The van der Waals surface area contributed by atoms with Crippen molar-refractivity contribution in [2.75, 3.05) is 13.2 Å². The van der Waals surface area contributed by atoms with Crippen LogP contribution in [-0.4, -0.2) is 37.2 Å². The van der Waals surface area contributed by atoms with Crippen LogP contribution in [0.5, 0.6) is 0 Å². The van der Waals surface area contributed by atoms with E-state index in [1.807, 2.05) is 0 Å². The van der Waals surface area contributed by atoms with Crippen LogP contribution in [0.2, 0.25) is 0 Å². The van der Waals surface area contributed by atoms with Crippen LogP contribution in [0, 0.1) is 0 Å². The van der Waals surface area contributed by atoms with Crippen LogP contribution < -0.4 is 0 Å². The Balaban J connectivity index is 4.41. The largest absolute Gasteiger partial charge is 0.462 e. The Bertz CT molecular complexity index is 1700. The van der Waals surface area contributed by atoms with Crippen molar-refractivity contribution in [2.24, 2.45) is 0 Å². The molecule has 1 unspecified atom stereocenters. The van der Waals surface area contributed by atoms with Crippen molar-refractivity contribution in [2.45, 2.75) is 271 Å². The lowest BCUT2D eigenvalue weighted by molar-refractivity contribution is -0.167. The molecule has 0 heterocycles. The maximum atomic E-state index is 12.9. The quantitative estimate of drug-likeness (QED) is 0.0261. The van der Waals surface area contributed by atoms with E-state index in [0.29, 0.717) is 19.3 Å². The number of hydrogen-bond acceptors (Lipinski definition) is 6. The van der Waals surface area contributed by atoms with E-state index in [1.165, 1.54) is 51.4 Å². The van der Waals surface area contributed by atoms with Crippen molar-refractivity contribution in [1.82, 2.24) is 0 Å². The number of carbonyl (C=O) groups excluding carboxylic acids is 3. The Labute approximate surface area is 474 Å². The second-order valence-corrected chi connectivity index (χ2v) is 20.2. The van der Waals surface area contributed by atoms with Crippen molar-refractivity contribution in [3.05, 3.63) is 146 Å². The van der Waals surface area contributed by atoms with E-state index in [2.05, 4.69) is 167 Å². The first-order valence-electron chi connectivity index (χ1n) is 31.3. The van der Waals surface area contributed by atoms with Gasteiger partial charge in [0.05, 0.1) is 0 Å². The second-order valence-electron chi connectivity index (χ2n) is 20.2. The van der Waals surface area contributed by atoms with Crippen molar-refractivity contribution in [3.63, 3.8) is 0 Å². The highest BCUT2D eigenvalue weighted by molar-refractivity contribution is 5.71. The summed E-state index contributed by atoms with van der Waals surface area (Å²) >= 11 is 0. The summed E-state index contributed by atoms with van der Waals surface area (Å²) in [6, 6.07) is 0. The summed E-state index contributed by atoms with van der Waals surface area (Å²) in [7, 11) is 0. The molecule has 6 nitrogen and oxygen atoms in total. The molecule has 434 valence electrons. The SMILES string of the molecule is CC/C=C\C/C=C\C/C=C\C/C=C\C/C=C\C/C=C\C/C=C\CCCCCCCC(=O)OCC(COC(=O)CCCCCCCCCCCCC)OC(=O)CCCCCCC/C=C\C/C=C\C/C=C\C/C=C\C/C=C\CC. The molecule has 0 aromatic rings. The molecule has 6 heteroatoms. The molecule has 0 rings (SSSR count). The average Bonchev–Trinajstić information content (AvgIpc) is 3.43. The molecule has 0 aromatic heterocycles. The zero-order chi connectivity index (χ0) is 55.7. The maximum Gasteiger partial charge on any atom is 0.306 e. The number of carbonyl (C=O) groups is 3. The van der Waals surface area contributed by atoms with E-state index in [0.717, 1.165) is 173 Å². The molecule has 0 saturated heterocycles. The summed E-state index contributed by atoms with van der Waals surface area (Å²) in [4.78, 5) is 38.2. The van der Waals surface area contributed by atoms with E-state index in [1.54, 1.807) is 0 Å². The van der Waals surface area contributed by atoms with E-state index >= 15 is 0 Å². The third kappa shape index (κ3) is 62.0. The fraction of sp³-hybridized carbons (Fsp3) is 0.620. The molecule has 0 spiro atoms. The first kappa shape index (κ1) is 72.3. The molecule has 1 atom stereocenters. The Kier molecular flexibility index (Phi) is 59.9. The predicted molar refractivity (Wildman–Crippen MR) is 334 cm³/mol. The van der Waals surface area contributed by atoms with Gasteiger partial charge in [-0.2, -0.15) is 0 Å². The first-order chi connectivity index (χ1) is 38.0. The van der Waals surface area contributed by atoms with Crippen LogP contribution in [0.3, 0.4) is 0 Å². The molecular formula is C71H114O6. The van der Waals surface area contributed by atoms with Crippen molar-refractivity contribution in [3.8, 4) is 0 Å². The van der Waals surface area contributed by atoms with Gasteiger partial charge in [-0.1, -0.05) is 269 Å². The number of rotatable bonds is 55. The molecule has 77 heavy (non-hydrogen) atoms.